The molecule has 0 spiro atoms. The largest absolute Gasteiger partial charge is 0.395 e. The van der Waals surface area contributed by atoms with Gasteiger partial charge in [0.15, 0.2) is 0 Å². The van der Waals surface area contributed by atoms with Gasteiger partial charge in [-0.15, -0.1) is 0 Å². The molecule has 1 heterocycles. The maximum Gasteiger partial charge on any atom is 0.216 e. The molecule has 0 amide bonds. The van der Waals surface area contributed by atoms with E-state index in [0.717, 1.165) is 19.3 Å². The summed E-state index contributed by atoms with van der Waals surface area (Å²) in [5.74, 6) is 0.435. The van der Waals surface area contributed by atoms with E-state index in [9.17, 15) is 8.42 Å². The van der Waals surface area contributed by atoms with Gasteiger partial charge in [-0.05, 0) is 30.6 Å². The molecule has 0 aliphatic carbocycles. The highest BCUT2D eigenvalue weighted by atomic mass is 32.2. The van der Waals surface area contributed by atoms with Crippen LogP contribution < -0.4 is 0 Å². The van der Waals surface area contributed by atoms with Crippen molar-refractivity contribution in [1.82, 2.24) is 4.31 Å². The highest BCUT2D eigenvalue weighted by Gasteiger charge is 2.30. The molecule has 1 N–H and O–H groups in total. The lowest BCUT2D eigenvalue weighted by atomic mass is 9.77. The Hall–Kier alpha value is -0.130. The van der Waals surface area contributed by atoms with Crippen LogP contribution in [0.25, 0.3) is 0 Å². The standard InChI is InChI=1S/C12H25NO3S/c1-12(2,3)11-5-4-7-13(8-6-11)17(15,16)10-9-14/h11,14H,4-10H2,1-3H3. The molecule has 0 aromatic heterocycles. The second-order valence-electron chi connectivity index (χ2n) is 5.93. The van der Waals surface area contributed by atoms with E-state index in [0.29, 0.717) is 19.0 Å². The lowest BCUT2D eigenvalue weighted by Gasteiger charge is -2.29. The molecule has 0 saturated carbocycles. The smallest absolute Gasteiger partial charge is 0.216 e. The van der Waals surface area contributed by atoms with E-state index in [-0.39, 0.29) is 17.8 Å². The summed E-state index contributed by atoms with van der Waals surface area (Å²) in [6.07, 6.45) is 2.94. The summed E-state index contributed by atoms with van der Waals surface area (Å²) in [6, 6.07) is 0. The van der Waals surface area contributed by atoms with E-state index in [1.165, 1.54) is 0 Å². The predicted octanol–water partition coefficient (Wildman–Crippen LogP) is 1.46. The summed E-state index contributed by atoms with van der Waals surface area (Å²) < 4.78 is 25.3. The molecule has 0 aromatic carbocycles. The summed E-state index contributed by atoms with van der Waals surface area (Å²) in [6.45, 7) is 7.57. The first-order valence-electron chi connectivity index (χ1n) is 6.36. The number of nitrogens with zero attached hydrogens (tertiary/aromatic N) is 1. The highest BCUT2D eigenvalue weighted by Crippen LogP contribution is 2.34. The Morgan fingerprint density at radius 1 is 1.24 bits per heavy atom. The van der Waals surface area contributed by atoms with Gasteiger partial charge in [0.2, 0.25) is 10.0 Å². The van der Waals surface area contributed by atoms with Crippen LogP contribution in [0.15, 0.2) is 0 Å². The molecule has 0 radical (unpaired) electrons. The van der Waals surface area contributed by atoms with Crippen LogP contribution in [0.5, 0.6) is 0 Å². The van der Waals surface area contributed by atoms with Gasteiger partial charge in [0.05, 0.1) is 12.4 Å². The van der Waals surface area contributed by atoms with E-state index in [4.69, 9.17) is 5.11 Å². The molecule has 0 aromatic rings. The minimum absolute atomic E-state index is 0.146. The van der Waals surface area contributed by atoms with Crippen LogP contribution in [-0.2, 0) is 10.0 Å². The number of rotatable bonds is 3. The molecule has 1 aliphatic rings. The predicted molar refractivity (Wildman–Crippen MR) is 69.2 cm³/mol. The minimum Gasteiger partial charge on any atom is -0.395 e. The summed E-state index contributed by atoms with van der Waals surface area (Å²) in [5, 5.41) is 8.78. The molecule has 1 saturated heterocycles. The molecule has 1 fully saturated rings. The second kappa shape index (κ2) is 5.67. The van der Waals surface area contributed by atoms with Gasteiger partial charge in [-0.2, -0.15) is 0 Å². The summed E-state index contributed by atoms with van der Waals surface area (Å²) in [4.78, 5) is 0. The van der Waals surface area contributed by atoms with E-state index in [1.807, 2.05) is 0 Å². The third-order valence-corrected chi connectivity index (χ3v) is 5.50. The van der Waals surface area contributed by atoms with Crippen molar-refractivity contribution < 1.29 is 13.5 Å². The summed E-state index contributed by atoms with van der Waals surface area (Å²) in [5.41, 5.74) is 0.247. The van der Waals surface area contributed by atoms with E-state index >= 15 is 0 Å². The molecule has 1 atom stereocenters. The van der Waals surface area contributed by atoms with Crippen LogP contribution >= 0.6 is 0 Å². The Morgan fingerprint density at radius 2 is 1.88 bits per heavy atom. The molecule has 0 bridgehead atoms. The van der Waals surface area contributed by atoms with Crippen molar-refractivity contribution in [3.8, 4) is 0 Å². The van der Waals surface area contributed by atoms with Crippen molar-refractivity contribution in [2.24, 2.45) is 11.3 Å². The van der Waals surface area contributed by atoms with Crippen molar-refractivity contribution in [2.75, 3.05) is 25.4 Å². The molecule has 5 heteroatoms. The minimum atomic E-state index is -3.24. The first-order chi connectivity index (χ1) is 7.77. The number of hydrogen-bond acceptors (Lipinski definition) is 3. The molecule has 1 aliphatic heterocycles. The van der Waals surface area contributed by atoms with Crippen LogP contribution in [0.1, 0.15) is 40.0 Å². The Kier molecular flexibility index (Phi) is 4.98. The van der Waals surface area contributed by atoms with Gasteiger partial charge in [-0.3, -0.25) is 0 Å². The van der Waals surface area contributed by atoms with Gasteiger partial charge in [0.1, 0.15) is 0 Å². The molecule has 17 heavy (non-hydrogen) atoms. The first kappa shape index (κ1) is 14.9. The zero-order valence-corrected chi connectivity index (χ0v) is 12.0. The molecular weight excluding hydrogens is 238 g/mol. The normalized spacial score (nSPS) is 24.6. The number of aliphatic hydroxyl groups is 1. The van der Waals surface area contributed by atoms with E-state index in [2.05, 4.69) is 20.8 Å². The van der Waals surface area contributed by atoms with Crippen LogP contribution in [0, 0.1) is 11.3 Å². The zero-order chi connectivity index (χ0) is 13.1. The van der Waals surface area contributed by atoms with Gasteiger partial charge >= 0.3 is 0 Å². The Labute approximate surface area is 105 Å². The topological polar surface area (TPSA) is 57.6 Å². The maximum absolute atomic E-state index is 11.9. The lowest BCUT2D eigenvalue weighted by Crippen LogP contribution is -2.35. The van der Waals surface area contributed by atoms with E-state index in [1.54, 1.807) is 4.31 Å². The molecule has 102 valence electrons. The average molecular weight is 263 g/mol. The highest BCUT2D eigenvalue weighted by molar-refractivity contribution is 7.89. The van der Waals surface area contributed by atoms with Crippen LogP contribution in [0.2, 0.25) is 0 Å². The van der Waals surface area contributed by atoms with Crippen LogP contribution in [0.4, 0.5) is 0 Å². The maximum atomic E-state index is 11.9. The van der Waals surface area contributed by atoms with Crippen molar-refractivity contribution in [3.63, 3.8) is 0 Å². The SMILES string of the molecule is CC(C)(C)C1CCCN(S(=O)(=O)CCO)CC1. The van der Waals surface area contributed by atoms with Crippen molar-refractivity contribution in [2.45, 2.75) is 40.0 Å². The molecule has 1 unspecified atom stereocenters. The van der Waals surface area contributed by atoms with Gasteiger partial charge in [0.25, 0.3) is 0 Å². The zero-order valence-electron chi connectivity index (χ0n) is 11.1. The third-order valence-electron chi connectivity index (χ3n) is 3.65. The van der Waals surface area contributed by atoms with Gasteiger partial charge in [-0.1, -0.05) is 20.8 Å². The fourth-order valence-corrected chi connectivity index (χ4v) is 3.74. The molecular formula is C12H25NO3S. The second-order valence-corrected chi connectivity index (χ2v) is 8.02. The van der Waals surface area contributed by atoms with Crippen molar-refractivity contribution >= 4 is 10.0 Å². The van der Waals surface area contributed by atoms with Gasteiger partial charge in [-0.25, -0.2) is 12.7 Å². The van der Waals surface area contributed by atoms with Crippen LogP contribution in [0.3, 0.4) is 0 Å². The average Bonchev–Trinajstić information content (AvgIpc) is 2.41. The van der Waals surface area contributed by atoms with Crippen molar-refractivity contribution in [3.05, 3.63) is 0 Å². The van der Waals surface area contributed by atoms with Gasteiger partial charge < -0.3 is 5.11 Å². The van der Waals surface area contributed by atoms with Crippen molar-refractivity contribution in [1.29, 1.82) is 0 Å². The fourth-order valence-electron chi connectivity index (χ4n) is 2.46. The third kappa shape index (κ3) is 4.23. The monoisotopic (exact) mass is 263 g/mol. The number of aliphatic hydroxyl groups excluding tert-OH is 1. The Bertz CT molecular complexity index is 332. The fraction of sp³-hybridized carbons (Fsp3) is 1.00. The van der Waals surface area contributed by atoms with E-state index < -0.39 is 10.0 Å². The number of sulfonamides is 1. The quantitative estimate of drug-likeness (QED) is 0.838. The summed E-state index contributed by atoms with van der Waals surface area (Å²) >= 11 is 0. The Balaban J connectivity index is 2.66. The van der Waals surface area contributed by atoms with Crippen LogP contribution in [-0.4, -0.2) is 43.3 Å². The number of hydrogen-bond donors (Lipinski definition) is 1. The summed E-state index contributed by atoms with van der Waals surface area (Å²) in [7, 11) is -3.24. The molecule has 4 nitrogen and oxygen atoms in total. The Morgan fingerprint density at radius 3 is 2.41 bits per heavy atom. The van der Waals surface area contributed by atoms with Gasteiger partial charge in [0, 0.05) is 13.1 Å². The lowest BCUT2D eigenvalue weighted by molar-refractivity contribution is 0.216. The first-order valence-corrected chi connectivity index (χ1v) is 7.97. The molecule has 1 rings (SSSR count).